The zero-order chi connectivity index (χ0) is 12.4. The van der Waals surface area contributed by atoms with Crippen LogP contribution < -0.4 is 5.32 Å². The predicted octanol–water partition coefficient (Wildman–Crippen LogP) is 1.65. The van der Waals surface area contributed by atoms with Gasteiger partial charge in [-0.3, -0.25) is 4.79 Å². The Morgan fingerprint density at radius 1 is 1.35 bits per heavy atom. The van der Waals surface area contributed by atoms with E-state index in [1.807, 2.05) is 0 Å². The molecule has 1 aromatic carbocycles. The average Bonchev–Trinajstić information content (AvgIpc) is 2.69. The largest absolute Gasteiger partial charge is 0.508 e. The molecular weight excluding hydrogens is 224 g/mol. The molecule has 17 heavy (non-hydrogen) atoms. The minimum absolute atomic E-state index is 0.0854. The Bertz CT molecular complexity index is 562. The quantitative estimate of drug-likeness (QED) is 0.542. The highest BCUT2D eigenvalue weighted by Crippen LogP contribution is 2.27. The van der Waals surface area contributed by atoms with Gasteiger partial charge in [-0.15, -0.1) is 0 Å². The number of phenols is 2. The van der Waals surface area contributed by atoms with E-state index in [0.29, 0.717) is 5.76 Å². The number of hydrogen-bond acceptors (Lipinski definition) is 5. The molecule has 0 aliphatic carbocycles. The number of carbonyl (C=O) groups excluding carboxylic acids is 1. The fourth-order valence-corrected chi connectivity index (χ4v) is 1.29. The average molecular weight is 234 g/mol. The number of nitrogens with one attached hydrogen (secondary N) is 1. The fraction of sp³-hybridized carbons (Fsp3) is 0.0909. The standard InChI is InChI=1S/C11H10N2O4/c1-6-4-9(13-17-6)11(16)12-8-3-2-7(14)5-10(8)15/h2-5,14-15H,1H3,(H,12,16). The Hall–Kier alpha value is -2.50. The summed E-state index contributed by atoms with van der Waals surface area (Å²) in [7, 11) is 0. The summed E-state index contributed by atoms with van der Waals surface area (Å²) >= 11 is 0. The van der Waals surface area contributed by atoms with Crippen molar-refractivity contribution in [1.82, 2.24) is 5.16 Å². The molecule has 88 valence electrons. The number of aromatic hydroxyl groups is 2. The van der Waals surface area contributed by atoms with Gasteiger partial charge in [-0.25, -0.2) is 0 Å². The summed E-state index contributed by atoms with van der Waals surface area (Å²) in [5, 5.41) is 24.6. The van der Waals surface area contributed by atoms with Gasteiger partial charge in [0, 0.05) is 12.1 Å². The first-order chi connectivity index (χ1) is 8.06. The van der Waals surface area contributed by atoms with Gasteiger partial charge in [0.05, 0.1) is 5.69 Å². The van der Waals surface area contributed by atoms with E-state index in [1.165, 1.54) is 18.2 Å². The van der Waals surface area contributed by atoms with Crippen molar-refractivity contribution in [3.05, 3.63) is 35.7 Å². The van der Waals surface area contributed by atoms with Gasteiger partial charge in [0.1, 0.15) is 17.3 Å². The number of benzene rings is 1. The number of aryl methyl sites for hydroxylation is 1. The minimum atomic E-state index is -0.497. The second-order valence-electron chi connectivity index (χ2n) is 3.48. The lowest BCUT2D eigenvalue weighted by Gasteiger charge is -2.05. The Morgan fingerprint density at radius 2 is 2.12 bits per heavy atom. The van der Waals surface area contributed by atoms with Gasteiger partial charge >= 0.3 is 0 Å². The molecule has 0 atom stereocenters. The molecule has 0 spiro atoms. The van der Waals surface area contributed by atoms with Crippen molar-refractivity contribution >= 4 is 11.6 Å². The van der Waals surface area contributed by atoms with Crippen LogP contribution in [0.5, 0.6) is 11.5 Å². The van der Waals surface area contributed by atoms with Crippen molar-refractivity contribution in [3.63, 3.8) is 0 Å². The molecule has 0 saturated carbocycles. The maximum atomic E-state index is 11.7. The van der Waals surface area contributed by atoms with Crippen LogP contribution in [0.1, 0.15) is 16.2 Å². The van der Waals surface area contributed by atoms with E-state index >= 15 is 0 Å². The van der Waals surface area contributed by atoms with E-state index in [4.69, 9.17) is 9.63 Å². The molecule has 2 rings (SSSR count). The molecule has 1 amide bonds. The van der Waals surface area contributed by atoms with Crippen molar-refractivity contribution < 1.29 is 19.5 Å². The fourth-order valence-electron chi connectivity index (χ4n) is 1.29. The van der Waals surface area contributed by atoms with Crippen LogP contribution in [0.3, 0.4) is 0 Å². The van der Waals surface area contributed by atoms with E-state index < -0.39 is 5.91 Å². The lowest BCUT2D eigenvalue weighted by atomic mass is 10.2. The van der Waals surface area contributed by atoms with Crippen LogP contribution in [0.25, 0.3) is 0 Å². The Labute approximate surface area is 96.5 Å². The molecule has 1 heterocycles. The molecular formula is C11H10N2O4. The number of hydrogen-bond donors (Lipinski definition) is 3. The van der Waals surface area contributed by atoms with Gasteiger partial charge in [-0.1, -0.05) is 5.16 Å². The summed E-state index contributed by atoms with van der Waals surface area (Å²) in [6.45, 7) is 1.67. The summed E-state index contributed by atoms with van der Waals surface area (Å²) in [5.74, 6) is -0.288. The summed E-state index contributed by atoms with van der Waals surface area (Å²) < 4.78 is 4.76. The van der Waals surface area contributed by atoms with E-state index in [0.717, 1.165) is 6.07 Å². The van der Waals surface area contributed by atoms with Crippen molar-refractivity contribution in [1.29, 1.82) is 0 Å². The smallest absolute Gasteiger partial charge is 0.277 e. The van der Waals surface area contributed by atoms with Crippen LogP contribution in [-0.2, 0) is 0 Å². The number of nitrogens with zero attached hydrogens (tertiary/aromatic N) is 1. The zero-order valence-electron chi connectivity index (χ0n) is 8.97. The predicted molar refractivity (Wildman–Crippen MR) is 59.0 cm³/mol. The number of rotatable bonds is 2. The molecule has 0 bridgehead atoms. The van der Waals surface area contributed by atoms with E-state index in [9.17, 15) is 9.90 Å². The number of carbonyl (C=O) groups is 1. The van der Waals surface area contributed by atoms with Gasteiger partial charge in [0.25, 0.3) is 5.91 Å². The number of phenolic OH excluding ortho intramolecular Hbond substituents is 2. The molecule has 0 aliphatic heterocycles. The van der Waals surface area contributed by atoms with E-state index in [1.54, 1.807) is 6.92 Å². The molecule has 3 N–H and O–H groups in total. The summed E-state index contributed by atoms with van der Waals surface area (Å²) in [5.41, 5.74) is 0.309. The topological polar surface area (TPSA) is 95.6 Å². The lowest BCUT2D eigenvalue weighted by Crippen LogP contribution is -2.12. The molecule has 0 saturated heterocycles. The monoisotopic (exact) mass is 234 g/mol. The Balaban J connectivity index is 2.18. The second-order valence-corrected chi connectivity index (χ2v) is 3.48. The highest BCUT2D eigenvalue weighted by atomic mass is 16.5. The van der Waals surface area contributed by atoms with Crippen LogP contribution in [0.4, 0.5) is 5.69 Å². The first-order valence-corrected chi connectivity index (χ1v) is 4.83. The third kappa shape index (κ3) is 2.36. The SMILES string of the molecule is Cc1cc(C(=O)Nc2ccc(O)cc2O)no1. The van der Waals surface area contributed by atoms with Gasteiger partial charge < -0.3 is 20.1 Å². The molecule has 6 heteroatoms. The number of amides is 1. The van der Waals surface area contributed by atoms with Crippen molar-refractivity contribution in [2.24, 2.45) is 0 Å². The second kappa shape index (κ2) is 4.17. The molecule has 2 aromatic rings. The van der Waals surface area contributed by atoms with Crippen molar-refractivity contribution in [3.8, 4) is 11.5 Å². The Kier molecular flexibility index (Phi) is 2.70. The third-order valence-corrected chi connectivity index (χ3v) is 2.09. The summed E-state index contributed by atoms with van der Waals surface area (Å²) in [4.78, 5) is 11.7. The molecule has 0 unspecified atom stereocenters. The maximum absolute atomic E-state index is 11.7. The number of aromatic nitrogens is 1. The highest BCUT2D eigenvalue weighted by molar-refractivity contribution is 6.03. The number of anilines is 1. The minimum Gasteiger partial charge on any atom is -0.508 e. The van der Waals surface area contributed by atoms with Gasteiger partial charge in [-0.2, -0.15) is 0 Å². The Morgan fingerprint density at radius 3 is 2.71 bits per heavy atom. The molecule has 0 radical (unpaired) electrons. The van der Waals surface area contributed by atoms with Crippen molar-refractivity contribution in [2.45, 2.75) is 6.92 Å². The molecule has 1 aromatic heterocycles. The zero-order valence-corrected chi connectivity index (χ0v) is 8.97. The lowest BCUT2D eigenvalue weighted by molar-refractivity contribution is 0.101. The van der Waals surface area contributed by atoms with E-state index in [-0.39, 0.29) is 22.9 Å². The van der Waals surface area contributed by atoms with Gasteiger partial charge in [-0.05, 0) is 19.1 Å². The summed E-state index contributed by atoms with van der Waals surface area (Å²) in [6.07, 6.45) is 0. The summed E-state index contributed by atoms with van der Waals surface area (Å²) in [6, 6.07) is 5.34. The van der Waals surface area contributed by atoms with Crippen LogP contribution in [0.2, 0.25) is 0 Å². The first kappa shape index (κ1) is 11.0. The molecule has 0 aliphatic rings. The van der Waals surface area contributed by atoms with Gasteiger partial charge in [0.2, 0.25) is 0 Å². The van der Waals surface area contributed by atoms with Crippen LogP contribution in [0, 0.1) is 6.92 Å². The van der Waals surface area contributed by atoms with Gasteiger partial charge in [0.15, 0.2) is 5.69 Å². The highest BCUT2D eigenvalue weighted by Gasteiger charge is 2.13. The van der Waals surface area contributed by atoms with Crippen LogP contribution in [-0.4, -0.2) is 21.3 Å². The van der Waals surface area contributed by atoms with E-state index in [2.05, 4.69) is 10.5 Å². The molecule has 6 nitrogen and oxygen atoms in total. The maximum Gasteiger partial charge on any atom is 0.277 e. The third-order valence-electron chi connectivity index (χ3n) is 2.09. The normalized spacial score (nSPS) is 10.2. The van der Waals surface area contributed by atoms with Crippen LogP contribution >= 0.6 is 0 Å². The molecule has 0 fully saturated rings. The van der Waals surface area contributed by atoms with Crippen LogP contribution in [0.15, 0.2) is 28.8 Å². The first-order valence-electron chi connectivity index (χ1n) is 4.83. The van der Waals surface area contributed by atoms with Crippen molar-refractivity contribution in [2.75, 3.05) is 5.32 Å².